The highest BCUT2D eigenvalue weighted by atomic mass is 16.3. The third-order valence-electron chi connectivity index (χ3n) is 6.67. The highest BCUT2D eigenvalue weighted by molar-refractivity contribution is 6.19. The van der Waals surface area contributed by atoms with E-state index in [9.17, 15) is 15.3 Å². The Hall–Kier alpha value is -3.92. The number of nitrogens with zero attached hydrogens (tertiary/aromatic N) is 1. The lowest BCUT2D eigenvalue weighted by molar-refractivity contribution is -0.118. The molecule has 2 aliphatic rings. The molecule has 2 N–H and O–H groups in total. The van der Waals surface area contributed by atoms with E-state index in [4.69, 9.17) is 0 Å². The molecule has 4 heteroatoms. The highest BCUT2D eigenvalue weighted by Crippen LogP contribution is 2.51. The Labute approximate surface area is 200 Å². The fourth-order valence-electron chi connectivity index (χ4n) is 5.21. The zero-order valence-electron chi connectivity index (χ0n) is 19.5. The molecule has 1 aliphatic carbocycles. The minimum atomic E-state index is -0.507. The third kappa shape index (κ3) is 3.75. The Morgan fingerprint density at radius 3 is 2.06 bits per heavy atom. The summed E-state index contributed by atoms with van der Waals surface area (Å²) in [6.07, 6.45) is 1.11. The summed E-state index contributed by atoms with van der Waals surface area (Å²) in [6.45, 7) is 4.21. The van der Waals surface area contributed by atoms with Gasteiger partial charge in [0.2, 0.25) is 0 Å². The van der Waals surface area contributed by atoms with E-state index in [1.165, 1.54) is 0 Å². The van der Waals surface area contributed by atoms with Gasteiger partial charge in [0.15, 0.2) is 5.78 Å². The van der Waals surface area contributed by atoms with E-state index < -0.39 is 5.92 Å². The van der Waals surface area contributed by atoms with Crippen molar-refractivity contribution in [1.29, 1.82) is 5.41 Å². The fourth-order valence-corrected chi connectivity index (χ4v) is 5.21. The predicted octanol–water partition coefficient (Wildman–Crippen LogP) is 6.88. The van der Waals surface area contributed by atoms with E-state index in [0.29, 0.717) is 29.6 Å². The predicted molar refractivity (Wildman–Crippen MR) is 137 cm³/mol. The van der Waals surface area contributed by atoms with Crippen molar-refractivity contribution in [3.8, 4) is 0 Å². The molecule has 0 aromatic heterocycles. The average molecular weight is 449 g/mol. The second-order valence-corrected chi connectivity index (χ2v) is 9.79. The van der Waals surface area contributed by atoms with Crippen LogP contribution < -0.4 is 4.90 Å². The maximum absolute atomic E-state index is 13.8. The molecule has 4 nitrogen and oxygen atoms in total. The Bertz CT molecular complexity index is 1310. The number of carbonyl (C=O) groups excluding carboxylic acids is 1. The zero-order chi connectivity index (χ0) is 23.9. The van der Waals surface area contributed by atoms with Gasteiger partial charge >= 0.3 is 0 Å². The monoisotopic (exact) mass is 448 g/mol. The quantitative estimate of drug-likeness (QED) is 0.429. The number of Topliss-reactive ketones (excluding diaryl/α,β-unsaturated/α-hetero) is 1. The molecule has 0 saturated carbocycles. The first kappa shape index (κ1) is 21.9. The average Bonchev–Trinajstić information content (AvgIpc) is 2.84. The van der Waals surface area contributed by atoms with Crippen molar-refractivity contribution in [3.05, 3.63) is 119 Å². The highest BCUT2D eigenvalue weighted by Gasteiger charge is 2.46. The van der Waals surface area contributed by atoms with E-state index >= 15 is 0 Å². The minimum absolute atomic E-state index is 0.0320. The van der Waals surface area contributed by atoms with Crippen molar-refractivity contribution in [3.63, 3.8) is 0 Å². The second-order valence-electron chi connectivity index (χ2n) is 9.79. The Kier molecular flexibility index (Phi) is 5.45. The molecule has 0 bridgehead atoms. The topological polar surface area (TPSA) is 64.4 Å². The molecule has 5 rings (SSSR count). The van der Waals surface area contributed by atoms with Gasteiger partial charge in [0.05, 0.1) is 0 Å². The lowest BCUT2D eigenvalue weighted by Crippen LogP contribution is -2.45. The van der Waals surface area contributed by atoms with Gasteiger partial charge in [0.1, 0.15) is 11.6 Å². The third-order valence-corrected chi connectivity index (χ3v) is 6.67. The number of rotatable bonds is 3. The maximum Gasteiger partial charge on any atom is 0.162 e. The summed E-state index contributed by atoms with van der Waals surface area (Å²) in [5.41, 5.74) is 4.12. The zero-order valence-corrected chi connectivity index (χ0v) is 19.5. The summed E-state index contributed by atoms with van der Waals surface area (Å²) < 4.78 is 0. The Morgan fingerprint density at radius 2 is 1.44 bits per heavy atom. The number of amidine groups is 1. The van der Waals surface area contributed by atoms with Gasteiger partial charge in [-0.1, -0.05) is 92.7 Å². The molecule has 0 amide bonds. The van der Waals surface area contributed by atoms with Crippen LogP contribution in [0, 0.1) is 10.8 Å². The number of hydrogen-bond donors (Lipinski definition) is 2. The first-order valence-corrected chi connectivity index (χ1v) is 11.6. The van der Waals surface area contributed by atoms with Gasteiger partial charge in [-0.3, -0.25) is 15.1 Å². The van der Waals surface area contributed by atoms with Gasteiger partial charge in [0.25, 0.3) is 0 Å². The van der Waals surface area contributed by atoms with Gasteiger partial charge in [-0.05, 0) is 29.5 Å². The number of carbonyl (C=O) groups is 1. The van der Waals surface area contributed by atoms with Gasteiger partial charge in [-0.25, -0.2) is 0 Å². The molecule has 0 spiro atoms. The Morgan fingerprint density at radius 1 is 0.882 bits per heavy atom. The molecule has 1 heterocycles. The summed E-state index contributed by atoms with van der Waals surface area (Å²) >= 11 is 0. The first-order valence-electron chi connectivity index (χ1n) is 11.6. The van der Waals surface area contributed by atoms with Crippen LogP contribution in [0.15, 0.2) is 108 Å². The number of benzene rings is 3. The number of ketones is 1. The molecular weight excluding hydrogens is 420 g/mol. The maximum atomic E-state index is 13.8. The molecule has 0 fully saturated rings. The van der Waals surface area contributed by atoms with E-state index in [1.54, 1.807) is 0 Å². The van der Waals surface area contributed by atoms with Crippen molar-refractivity contribution in [2.24, 2.45) is 5.41 Å². The number of anilines is 1. The van der Waals surface area contributed by atoms with Crippen LogP contribution in [0.3, 0.4) is 0 Å². The fraction of sp³-hybridized carbons (Fsp3) is 0.200. The number of aliphatic hydroxyl groups excluding tert-OH is 1. The van der Waals surface area contributed by atoms with Gasteiger partial charge in [-0.2, -0.15) is 0 Å². The molecule has 3 aromatic rings. The summed E-state index contributed by atoms with van der Waals surface area (Å²) in [7, 11) is 0. The van der Waals surface area contributed by atoms with Crippen LogP contribution in [-0.2, 0) is 4.79 Å². The molecule has 1 aliphatic heterocycles. The van der Waals surface area contributed by atoms with E-state index in [2.05, 4.69) is 13.8 Å². The number of hydrogen-bond acceptors (Lipinski definition) is 3. The molecule has 34 heavy (non-hydrogen) atoms. The van der Waals surface area contributed by atoms with E-state index in [-0.39, 0.29) is 22.8 Å². The lowest BCUT2D eigenvalue weighted by Gasteiger charge is -2.45. The summed E-state index contributed by atoms with van der Waals surface area (Å²) in [5.74, 6) is -0.199. The van der Waals surface area contributed by atoms with Crippen molar-refractivity contribution >= 4 is 23.1 Å². The van der Waals surface area contributed by atoms with Crippen molar-refractivity contribution in [2.75, 3.05) is 4.90 Å². The molecule has 0 radical (unpaired) electrons. The number of para-hydroxylation sites is 1. The molecule has 170 valence electrons. The summed E-state index contributed by atoms with van der Waals surface area (Å²) in [5, 5.41) is 21.0. The van der Waals surface area contributed by atoms with Crippen LogP contribution in [0.4, 0.5) is 5.69 Å². The van der Waals surface area contributed by atoms with Crippen molar-refractivity contribution < 1.29 is 9.90 Å². The Balaban J connectivity index is 1.85. The van der Waals surface area contributed by atoms with E-state index in [1.807, 2.05) is 95.9 Å². The molecule has 0 saturated heterocycles. The molecule has 3 aromatic carbocycles. The normalized spacial score (nSPS) is 21.4. The van der Waals surface area contributed by atoms with Crippen molar-refractivity contribution in [2.45, 2.75) is 32.6 Å². The summed E-state index contributed by atoms with van der Waals surface area (Å²) in [6, 6.07) is 28.8. The molecule has 0 unspecified atom stereocenters. The van der Waals surface area contributed by atoms with Gasteiger partial charge in [0, 0.05) is 40.4 Å². The van der Waals surface area contributed by atoms with Crippen molar-refractivity contribution in [1.82, 2.24) is 0 Å². The van der Waals surface area contributed by atoms with Crippen LogP contribution in [0.2, 0.25) is 0 Å². The first-order chi connectivity index (χ1) is 16.4. The van der Waals surface area contributed by atoms with Crippen LogP contribution in [0.1, 0.15) is 43.7 Å². The molecule has 1 atom stereocenters. The van der Waals surface area contributed by atoms with E-state index in [0.717, 1.165) is 16.9 Å². The largest absolute Gasteiger partial charge is 0.507 e. The molecular formula is C30H28N2O2. The van der Waals surface area contributed by atoms with Crippen LogP contribution >= 0.6 is 0 Å². The SMILES string of the molecule is CC1(C)CC(=O)C2=C(C1)N(c1ccccc1)C(=N)/C(=C(/O)c1ccccc1)[C@@H]2c1ccccc1. The van der Waals surface area contributed by atoms with Crippen LogP contribution in [0.25, 0.3) is 5.76 Å². The van der Waals surface area contributed by atoms with Gasteiger partial charge in [-0.15, -0.1) is 0 Å². The number of nitrogens with one attached hydrogen (secondary N) is 1. The van der Waals surface area contributed by atoms with Gasteiger partial charge < -0.3 is 5.11 Å². The van der Waals surface area contributed by atoms with Crippen LogP contribution in [-0.4, -0.2) is 16.7 Å². The second kappa shape index (κ2) is 8.45. The summed E-state index contributed by atoms with van der Waals surface area (Å²) in [4.78, 5) is 15.6. The number of aliphatic hydroxyl groups is 1. The lowest BCUT2D eigenvalue weighted by atomic mass is 9.67. The smallest absolute Gasteiger partial charge is 0.162 e. The minimum Gasteiger partial charge on any atom is -0.507 e. The number of allylic oxidation sites excluding steroid dienone is 2. The van der Waals surface area contributed by atoms with Crippen LogP contribution in [0.5, 0.6) is 0 Å². The standard InChI is InChI=1S/C30H28N2O2/c1-30(2)18-23-26(24(33)19-30)25(20-12-6-3-7-13-20)27(28(34)21-14-8-4-9-15-21)29(31)32(23)22-16-10-5-11-17-22/h3-17,25,31,34H,18-19H2,1-2H3/b28-27+,31-29?/t25-/m1/s1.